The number of carbonyl (C=O) groups is 2. The molecule has 3 rings (SSSR count). The number of fused-ring (bicyclic) bond motifs is 3. The summed E-state index contributed by atoms with van der Waals surface area (Å²) < 4.78 is 10.9. The molecular weight excluding hydrogens is 328 g/mol. The molecule has 0 N–H and O–H groups in total. The summed E-state index contributed by atoms with van der Waals surface area (Å²) in [5.74, 6) is 2.45. The van der Waals surface area contributed by atoms with Gasteiger partial charge >= 0.3 is 0 Å². The lowest BCUT2D eigenvalue weighted by Crippen LogP contribution is -2.43. The van der Waals surface area contributed by atoms with Gasteiger partial charge in [-0.15, -0.1) is 0 Å². The molecule has 0 spiro atoms. The monoisotopic (exact) mass is 358 g/mol. The number of methoxy groups -OCH3 is 2. The molecule has 142 valence electrons. The van der Waals surface area contributed by atoms with Gasteiger partial charge in [0.1, 0.15) is 17.3 Å². The van der Waals surface area contributed by atoms with Gasteiger partial charge in [0.05, 0.1) is 13.7 Å². The summed E-state index contributed by atoms with van der Waals surface area (Å²) in [6.45, 7) is 2.24. The molecule has 4 atom stereocenters. The molecule has 1 saturated carbocycles. The van der Waals surface area contributed by atoms with Crippen molar-refractivity contribution in [2.24, 2.45) is 17.8 Å². The van der Waals surface area contributed by atoms with Crippen molar-refractivity contribution in [3.8, 4) is 5.75 Å². The first-order valence-electron chi connectivity index (χ1n) is 9.73. The first kappa shape index (κ1) is 19.1. The maximum atomic E-state index is 12.9. The third-order valence-electron chi connectivity index (χ3n) is 6.25. The highest BCUT2D eigenvalue weighted by Crippen LogP contribution is 2.51. The number of hydrogen-bond acceptors (Lipinski definition) is 4. The molecule has 4 nitrogen and oxygen atoms in total. The molecule has 2 aliphatic carbocycles. The van der Waals surface area contributed by atoms with Crippen LogP contribution in [0.5, 0.6) is 5.75 Å². The molecule has 0 radical (unpaired) electrons. The Kier molecular flexibility index (Phi) is 6.13. The quantitative estimate of drug-likeness (QED) is 0.740. The Morgan fingerprint density at radius 1 is 1.27 bits per heavy atom. The molecular formula is C22H30O4. The molecule has 2 aliphatic rings. The highest BCUT2D eigenvalue weighted by Gasteiger charge is 2.46. The normalized spacial score (nSPS) is 27.6. The molecule has 26 heavy (non-hydrogen) atoms. The summed E-state index contributed by atoms with van der Waals surface area (Å²) >= 11 is 0. The maximum absolute atomic E-state index is 12.9. The molecule has 0 aromatic heterocycles. The van der Waals surface area contributed by atoms with Crippen LogP contribution in [-0.2, 0) is 20.7 Å². The number of rotatable bonds is 7. The zero-order valence-electron chi connectivity index (χ0n) is 16.1. The SMILES string of the molecule is COC[C@H]1CC(=O)[C@@H](CCCC(C)=O)[C@@H]2CCc3ccc(OC)cc3[C@@H]12. The summed E-state index contributed by atoms with van der Waals surface area (Å²) in [5.41, 5.74) is 2.72. The van der Waals surface area contributed by atoms with E-state index in [-0.39, 0.29) is 17.6 Å². The second-order valence-electron chi connectivity index (χ2n) is 7.88. The lowest BCUT2D eigenvalue weighted by Gasteiger charge is -2.46. The van der Waals surface area contributed by atoms with Crippen molar-refractivity contribution in [1.29, 1.82) is 0 Å². The first-order chi connectivity index (χ1) is 12.5. The van der Waals surface area contributed by atoms with E-state index < -0.39 is 0 Å². The lowest BCUT2D eigenvalue weighted by atomic mass is 9.58. The highest BCUT2D eigenvalue weighted by molar-refractivity contribution is 5.83. The van der Waals surface area contributed by atoms with Gasteiger partial charge in [0.25, 0.3) is 0 Å². The summed E-state index contributed by atoms with van der Waals surface area (Å²) in [6.07, 6.45) is 4.86. The van der Waals surface area contributed by atoms with Gasteiger partial charge in [-0.2, -0.15) is 0 Å². The number of hydrogen-bond donors (Lipinski definition) is 0. The van der Waals surface area contributed by atoms with Crippen molar-refractivity contribution in [2.45, 2.75) is 51.4 Å². The Bertz CT molecular complexity index is 666. The summed E-state index contributed by atoms with van der Waals surface area (Å²) in [7, 11) is 3.41. The van der Waals surface area contributed by atoms with E-state index in [9.17, 15) is 9.59 Å². The predicted molar refractivity (Wildman–Crippen MR) is 101 cm³/mol. The Morgan fingerprint density at radius 3 is 2.77 bits per heavy atom. The Balaban J connectivity index is 1.90. The molecule has 0 heterocycles. The second kappa shape index (κ2) is 8.34. The van der Waals surface area contributed by atoms with Gasteiger partial charge in [0.15, 0.2) is 0 Å². The maximum Gasteiger partial charge on any atom is 0.136 e. The van der Waals surface area contributed by atoms with E-state index in [1.165, 1.54) is 11.1 Å². The fraction of sp³-hybridized carbons (Fsp3) is 0.636. The van der Waals surface area contributed by atoms with E-state index in [0.717, 1.165) is 31.4 Å². The van der Waals surface area contributed by atoms with E-state index in [1.54, 1.807) is 21.1 Å². The van der Waals surface area contributed by atoms with E-state index in [1.807, 2.05) is 6.07 Å². The number of ketones is 2. The summed E-state index contributed by atoms with van der Waals surface area (Å²) in [6, 6.07) is 6.37. The van der Waals surface area contributed by atoms with Crippen LogP contribution >= 0.6 is 0 Å². The van der Waals surface area contributed by atoms with Crippen molar-refractivity contribution in [2.75, 3.05) is 20.8 Å². The molecule has 0 amide bonds. The van der Waals surface area contributed by atoms with Crippen LogP contribution in [0, 0.1) is 17.8 Å². The van der Waals surface area contributed by atoms with Crippen LogP contribution in [0.15, 0.2) is 18.2 Å². The number of aryl methyl sites for hydroxylation is 1. The van der Waals surface area contributed by atoms with Gasteiger partial charge in [-0.1, -0.05) is 6.07 Å². The van der Waals surface area contributed by atoms with Gasteiger partial charge in [0.2, 0.25) is 0 Å². The smallest absolute Gasteiger partial charge is 0.136 e. The zero-order valence-corrected chi connectivity index (χ0v) is 16.1. The largest absolute Gasteiger partial charge is 0.497 e. The second-order valence-corrected chi connectivity index (χ2v) is 7.88. The van der Waals surface area contributed by atoms with Crippen LogP contribution in [0.4, 0.5) is 0 Å². The van der Waals surface area contributed by atoms with Crippen LogP contribution in [0.1, 0.15) is 56.1 Å². The number of ether oxygens (including phenoxy) is 2. The van der Waals surface area contributed by atoms with Crippen LogP contribution in [0.25, 0.3) is 0 Å². The zero-order chi connectivity index (χ0) is 18.7. The van der Waals surface area contributed by atoms with E-state index in [4.69, 9.17) is 9.47 Å². The lowest BCUT2D eigenvalue weighted by molar-refractivity contribution is -0.131. The molecule has 4 heteroatoms. The van der Waals surface area contributed by atoms with Crippen molar-refractivity contribution < 1.29 is 19.1 Å². The third-order valence-corrected chi connectivity index (χ3v) is 6.25. The van der Waals surface area contributed by atoms with Gasteiger partial charge in [-0.25, -0.2) is 0 Å². The minimum Gasteiger partial charge on any atom is -0.497 e. The van der Waals surface area contributed by atoms with E-state index in [2.05, 4.69) is 12.1 Å². The molecule has 1 aromatic rings. The molecule has 1 fully saturated rings. The molecule has 0 aliphatic heterocycles. The highest BCUT2D eigenvalue weighted by atomic mass is 16.5. The van der Waals surface area contributed by atoms with Crippen molar-refractivity contribution in [1.82, 2.24) is 0 Å². The predicted octanol–water partition coefficient (Wildman–Crippen LogP) is 3.95. The standard InChI is InChI=1S/C22H30O4/c1-14(23)5-4-6-18-19-10-8-15-7-9-17(26-3)12-20(15)22(19)16(13-25-2)11-21(18)24/h7,9,12,16,18-19,22H,4-6,8,10-11,13H2,1-3H3/t16-,18+,19+,22+/m1/s1. The molecule has 1 aromatic carbocycles. The van der Waals surface area contributed by atoms with Crippen molar-refractivity contribution >= 4 is 11.6 Å². The van der Waals surface area contributed by atoms with Gasteiger partial charge in [-0.05, 0) is 73.6 Å². The summed E-state index contributed by atoms with van der Waals surface area (Å²) in [4.78, 5) is 24.2. The van der Waals surface area contributed by atoms with Crippen LogP contribution in [-0.4, -0.2) is 32.4 Å². The minimum atomic E-state index is 0.0757. The third kappa shape index (κ3) is 3.85. The molecule has 0 unspecified atom stereocenters. The van der Waals surface area contributed by atoms with Crippen LogP contribution in [0.3, 0.4) is 0 Å². The number of carbonyl (C=O) groups excluding carboxylic acids is 2. The Morgan fingerprint density at radius 2 is 2.08 bits per heavy atom. The van der Waals surface area contributed by atoms with Gasteiger partial charge in [-0.3, -0.25) is 4.79 Å². The average molecular weight is 358 g/mol. The van der Waals surface area contributed by atoms with E-state index in [0.29, 0.717) is 37.1 Å². The van der Waals surface area contributed by atoms with Crippen molar-refractivity contribution in [3.05, 3.63) is 29.3 Å². The topological polar surface area (TPSA) is 52.6 Å². The number of benzene rings is 1. The average Bonchev–Trinajstić information content (AvgIpc) is 2.63. The van der Waals surface area contributed by atoms with Crippen LogP contribution < -0.4 is 4.74 Å². The van der Waals surface area contributed by atoms with E-state index >= 15 is 0 Å². The summed E-state index contributed by atoms with van der Waals surface area (Å²) in [5, 5.41) is 0. The molecule has 0 saturated heterocycles. The first-order valence-corrected chi connectivity index (χ1v) is 9.73. The Labute approximate surface area is 156 Å². The molecule has 0 bridgehead atoms. The fourth-order valence-corrected chi connectivity index (χ4v) is 5.12. The van der Waals surface area contributed by atoms with Gasteiger partial charge in [0, 0.05) is 25.9 Å². The minimum absolute atomic E-state index is 0.0757. The fourth-order valence-electron chi connectivity index (χ4n) is 5.12. The van der Waals surface area contributed by atoms with Crippen LogP contribution in [0.2, 0.25) is 0 Å². The number of Topliss-reactive ketones (excluding diaryl/α,β-unsaturated/α-hetero) is 2. The Hall–Kier alpha value is -1.68. The van der Waals surface area contributed by atoms with Gasteiger partial charge < -0.3 is 14.3 Å². The van der Waals surface area contributed by atoms with Crippen molar-refractivity contribution in [3.63, 3.8) is 0 Å².